The van der Waals surface area contributed by atoms with Gasteiger partial charge in [0.05, 0.1) is 11.9 Å². The molecule has 0 heterocycles. The van der Waals surface area contributed by atoms with Crippen LogP contribution in [0.3, 0.4) is 0 Å². The molecule has 4 nitrogen and oxygen atoms in total. The first-order chi connectivity index (χ1) is 5.56. The zero-order valence-electron chi connectivity index (χ0n) is 7.19. The van der Waals surface area contributed by atoms with Crippen LogP contribution in [0.1, 0.15) is 13.8 Å². The summed E-state index contributed by atoms with van der Waals surface area (Å²) in [7, 11) is 0. The highest BCUT2D eigenvalue weighted by Gasteiger charge is 2.04. The number of rotatable bonds is 4. The molecule has 2 amide bonds. The predicted molar refractivity (Wildman–Crippen MR) is 50.1 cm³/mol. The lowest BCUT2D eigenvalue weighted by Gasteiger charge is -2.08. The average Bonchev–Trinajstić information content (AvgIpc) is 1.99. The Morgan fingerprint density at radius 1 is 1.33 bits per heavy atom. The molecule has 5 heteroatoms. The number of halogens is 1. The zero-order valence-corrected chi connectivity index (χ0v) is 8.77. The van der Waals surface area contributed by atoms with Crippen LogP contribution in [0.5, 0.6) is 0 Å². The fraction of sp³-hybridized carbons (Fsp3) is 0.714. The van der Waals surface area contributed by atoms with Crippen LogP contribution >= 0.6 is 15.9 Å². The SMILES string of the molecule is CC(C)NC(=O)CNC(=O)CBr. The van der Waals surface area contributed by atoms with E-state index in [-0.39, 0.29) is 29.7 Å². The maximum Gasteiger partial charge on any atom is 0.239 e. The summed E-state index contributed by atoms with van der Waals surface area (Å²) in [5, 5.41) is 5.32. The van der Waals surface area contributed by atoms with Crippen molar-refractivity contribution < 1.29 is 9.59 Å². The van der Waals surface area contributed by atoms with Gasteiger partial charge in [-0.2, -0.15) is 0 Å². The van der Waals surface area contributed by atoms with Crippen LogP contribution in [0.2, 0.25) is 0 Å². The maximum absolute atomic E-state index is 10.9. The minimum absolute atomic E-state index is 0.0443. The van der Waals surface area contributed by atoms with Crippen molar-refractivity contribution in [1.29, 1.82) is 0 Å². The molecule has 0 aromatic heterocycles. The Hall–Kier alpha value is -0.580. The van der Waals surface area contributed by atoms with E-state index in [0.29, 0.717) is 0 Å². The first kappa shape index (κ1) is 11.4. The van der Waals surface area contributed by atoms with E-state index in [1.54, 1.807) is 0 Å². The van der Waals surface area contributed by atoms with Gasteiger partial charge in [-0.1, -0.05) is 15.9 Å². The molecule has 0 unspecified atom stereocenters. The smallest absolute Gasteiger partial charge is 0.239 e. The summed E-state index contributed by atoms with van der Waals surface area (Å²) in [5.74, 6) is -0.354. The molecule has 0 radical (unpaired) electrons. The molecule has 0 rings (SSSR count). The number of hydrogen-bond acceptors (Lipinski definition) is 2. The number of carbonyl (C=O) groups is 2. The summed E-state index contributed by atoms with van der Waals surface area (Å²) in [6, 6.07) is 0.110. The molecule has 0 saturated heterocycles. The predicted octanol–water partition coefficient (Wildman–Crippen LogP) is 0.0221. The van der Waals surface area contributed by atoms with Gasteiger partial charge in [0, 0.05) is 6.04 Å². The Morgan fingerprint density at radius 2 is 1.92 bits per heavy atom. The van der Waals surface area contributed by atoms with Crippen LogP contribution in [0.15, 0.2) is 0 Å². The maximum atomic E-state index is 10.9. The van der Waals surface area contributed by atoms with Crippen molar-refractivity contribution in [2.75, 3.05) is 11.9 Å². The first-order valence-corrected chi connectivity index (χ1v) is 4.80. The molecule has 0 fully saturated rings. The van der Waals surface area contributed by atoms with Crippen molar-refractivity contribution in [3.63, 3.8) is 0 Å². The topological polar surface area (TPSA) is 58.2 Å². The first-order valence-electron chi connectivity index (χ1n) is 3.68. The highest BCUT2D eigenvalue weighted by Crippen LogP contribution is 1.79. The Bertz CT molecular complexity index is 171. The molecule has 0 bridgehead atoms. The Morgan fingerprint density at radius 3 is 2.33 bits per heavy atom. The number of nitrogens with one attached hydrogen (secondary N) is 2. The van der Waals surface area contributed by atoms with Gasteiger partial charge < -0.3 is 10.6 Å². The lowest BCUT2D eigenvalue weighted by molar-refractivity contribution is -0.125. The minimum atomic E-state index is -0.186. The molecule has 0 aliphatic heterocycles. The van der Waals surface area contributed by atoms with Crippen LogP contribution in [0.25, 0.3) is 0 Å². The second kappa shape index (κ2) is 5.99. The third kappa shape index (κ3) is 6.15. The number of carbonyl (C=O) groups excluding carboxylic acids is 2. The Kier molecular flexibility index (Phi) is 5.70. The van der Waals surface area contributed by atoms with Crippen LogP contribution in [0, 0.1) is 0 Å². The monoisotopic (exact) mass is 236 g/mol. The Balaban J connectivity index is 3.51. The largest absolute Gasteiger partial charge is 0.352 e. The standard InChI is InChI=1S/C7H13BrN2O2/c1-5(2)10-7(12)4-9-6(11)3-8/h5H,3-4H2,1-2H3,(H,9,11)(H,10,12). The highest BCUT2D eigenvalue weighted by atomic mass is 79.9. The minimum Gasteiger partial charge on any atom is -0.352 e. The van der Waals surface area contributed by atoms with Gasteiger partial charge in [-0.3, -0.25) is 9.59 Å². The summed E-state index contributed by atoms with van der Waals surface area (Å²) < 4.78 is 0. The summed E-state index contributed by atoms with van der Waals surface area (Å²) in [5.41, 5.74) is 0. The van der Waals surface area contributed by atoms with Gasteiger partial charge in [-0.15, -0.1) is 0 Å². The molecular weight excluding hydrogens is 224 g/mol. The third-order valence-electron chi connectivity index (χ3n) is 1.02. The molecule has 0 aliphatic rings. The van der Waals surface area contributed by atoms with Crippen molar-refractivity contribution in [2.24, 2.45) is 0 Å². The van der Waals surface area contributed by atoms with E-state index in [0.717, 1.165) is 0 Å². The number of alkyl halides is 1. The number of hydrogen-bond donors (Lipinski definition) is 2. The van der Waals surface area contributed by atoms with E-state index in [9.17, 15) is 9.59 Å². The molecular formula is C7H13BrN2O2. The van der Waals surface area contributed by atoms with Crippen molar-refractivity contribution >= 4 is 27.7 Å². The van der Waals surface area contributed by atoms with E-state index in [4.69, 9.17) is 0 Å². The average molecular weight is 237 g/mol. The quantitative estimate of drug-likeness (QED) is 0.677. The molecule has 70 valence electrons. The van der Waals surface area contributed by atoms with Gasteiger partial charge in [0.15, 0.2) is 0 Å². The highest BCUT2D eigenvalue weighted by molar-refractivity contribution is 9.09. The van der Waals surface area contributed by atoms with E-state index >= 15 is 0 Å². The fourth-order valence-electron chi connectivity index (χ4n) is 0.599. The Labute approximate surface area is 80.2 Å². The lowest BCUT2D eigenvalue weighted by atomic mass is 10.4. The van der Waals surface area contributed by atoms with Gasteiger partial charge in [-0.25, -0.2) is 0 Å². The summed E-state index contributed by atoms with van der Waals surface area (Å²) in [4.78, 5) is 21.6. The normalized spacial score (nSPS) is 9.67. The van der Waals surface area contributed by atoms with Crippen LogP contribution in [-0.2, 0) is 9.59 Å². The van der Waals surface area contributed by atoms with Gasteiger partial charge in [0.1, 0.15) is 0 Å². The molecule has 2 N–H and O–H groups in total. The van der Waals surface area contributed by atoms with Gasteiger partial charge in [-0.05, 0) is 13.8 Å². The van der Waals surface area contributed by atoms with Gasteiger partial charge in [0.25, 0.3) is 0 Å². The van der Waals surface area contributed by atoms with Gasteiger partial charge >= 0.3 is 0 Å². The van der Waals surface area contributed by atoms with Crippen LogP contribution in [-0.4, -0.2) is 29.7 Å². The van der Waals surface area contributed by atoms with Crippen LogP contribution < -0.4 is 10.6 Å². The summed E-state index contributed by atoms with van der Waals surface area (Å²) in [6.07, 6.45) is 0. The summed E-state index contributed by atoms with van der Waals surface area (Å²) in [6.45, 7) is 3.77. The van der Waals surface area contributed by atoms with Gasteiger partial charge in [0.2, 0.25) is 11.8 Å². The third-order valence-corrected chi connectivity index (χ3v) is 1.53. The molecule has 0 aromatic carbocycles. The van der Waals surface area contributed by atoms with E-state index in [1.165, 1.54) is 0 Å². The zero-order chi connectivity index (χ0) is 9.56. The van der Waals surface area contributed by atoms with E-state index in [1.807, 2.05) is 13.8 Å². The second-order valence-electron chi connectivity index (χ2n) is 2.63. The molecule has 0 spiro atoms. The molecule has 12 heavy (non-hydrogen) atoms. The molecule has 0 aromatic rings. The van der Waals surface area contributed by atoms with Crippen molar-refractivity contribution in [1.82, 2.24) is 10.6 Å². The van der Waals surface area contributed by atoms with Crippen molar-refractivity contribution in [3.8, 4) is 0 Å². The number of amides is 2. The molecule has 0 aliphatic carbocycles. The van der Waals surface area contributed by atoms with Crippen LogP contribution in [0.4, 0.5) is 0 Å². The molecule has 0 atom stereocenters. The molecule has 0 saturated carbocycles. The van der Waals surface area contributed by atoms with E-state index < -0.39 is 0 Å². The lowest BCUT2D eigenvalue weighted by Crippen LogP contribution is -2.40. The second-order valence-corrected chi connectivity index (χ2v) is 3.19. The van der Waals surface area contributed by atoms with E-state index in [2.05, 4.69) is 26.6 Å². The summed E-state index contributed by atoms with van der Waals surface area (Å²) >= 11 is 2.97. The van der Waals surface area contributed by atoms with Crippen molar-refractivity contribution in [2.45, 2.75) is 19.9 Å². The van der Waals surface area contributed by atoms with Crippen molar-refractivity contribution in [3.05, 3.63) is 0 Å². The fourth-order valence-corrected chi connectivity index (χ4v) is 0.797.